The molecule has 2 N–H and O–H groups in total. The highest BCUT2D eigenvalue weighted by Gasteiger charge is 2.42. The van der Waals surface area contributed by atoms with Gasteiger partial charge in [-0.2, -0.15) is 0 Å². The maximum atomic E-state index is 12.2. The monoisotopic (exact) mass is 333 g/mol. The van der Waals surface area contributed by atoms with Gasteiger partial charge in [0.05, 0.1) is 11.3 Å². The van der Waals surface area contributed by atoms with Gasteiger partial charge in [-0.1, -0.05) is 18.6 Å². The highest BCUT2D eigenvalue weighted by molar-refractivity contribution is 8.00. The van der Waals surface area contributed by atoms with E-state index >= 15 is 0 Å². The Balaban J connectivity index is 1.51. The number of rotatable bonds is 6. The lowest BCUT2D eigenvalue weighted by atomic mass is 9.84. The molecule has 4 atom stereocenters. The summed E-state index contributed by atoms with van der Waals surface area (Å²) in [6.45, 7) is 2.11. The molecular weight excluding hydrogens is 310 g/mol. The van der Waals surface area contributed by atoms with Crippen molar-refractivity contribution in [3.63, 3.8) is 0 Å². The van der Waals surface area contributed by atoms with Crippen molar-refractivity contribution in [2.75, 3.05) is 5.75 Å². The van der Waals surface area contributed by atoms with Crippen LogP contribution in [-0.2, 0) is 4.79 Å². The van der Waals surface area contributed by atoms with Crippen LogP contribution in [0.3, 0.4) is 0 Å². The largest absolute Gasteiger partial charge is 0.478 e. The first-order valence-electron chi connectivity index (χ1n) is 8.29. The van der Waals surface area contributed by atoms with Crippen molar-refractivity contribution in [3.05, 3.63) is 29.8 Å². The van der Waals surface area contributed by atoms with E-state index in [2.05, 4.69) is 12.2 Å². The van der Waals surface area contributed by atoms with Crippen LogP contribution in [0.15, 0.2) is 29.2 Å². The summed E-state index contributed by atoms with van der Waals surface area (Å²) in [4.78, 5) is 24.0. The van der Waals surface area contributed by atoms with Gasteiger partial charge in [0.1, 0.15) is 0 Å². The van der Waals surface area contributed by atoms with Crippen molar-refractivity contribution in [3.8, 4) is 0 Å². The molecule has 1 aromatic rings. The highest BCUT2D eigenvalue weighted by atomic mass is 32.2. The van der Waals surface area contributed by atoms with Crippen LogP contribution in [0.4, 0.5) is 0 Å². The summed E-state index contributed by atoms with van der Waals surface area (Å²) in [5, 5.41) is 12.3. The fourth-order valence-electron chi connectivity index (χ4n) is 4.22. The molecule has 0 unspecified atom stereocenters. The number of amides is 1. The van der Waals surface area contributed by atoms with Crippen LogP contribution in [-0.4, -0.2) is 28.8 Å². The molecule has 2 saturated carbocycles. The van der Waals surface area contributed by atoms with Crippen molar-refractivity contribution in [2.45, 2.75) is 43.5 Å². The van der Waals surface area contributed by atoms with Gasteiger partial charge in [0, 0.05) is 10.9 Å². The van der Waals surface area contributed by atoms with Gasteiger partial charge in [0.25, 0.3) is 0 Å². The minimum Gasteiger partial charge on any atom is -0.478 e. The summed E-state index contributed by atoms with van der Waals surface area (Å²) in [5.74, 6) is 1.58. The second-order valence-electron chi connectivity index (χ2n) is 6.78. The third-order valence-electron chi connectivity index (χ3n) is 5.30. The number of carboxylic acid groups (broad SMARTS) is 1. The van der Waals surface area contributed by atoms with Crippen LogP contribution in [0.2, 0.25) is 0 Å². The number of aromatic carboxylic acids is 1. The molecule has 0 aromatic heterocycles. The molecule has 0 radical (unpaired) electrons. The number of carbonyl (C=O) groups excluding carboxylic acids is 1. The van der Waals surface area contributed by atoms with E-state index in [1.54, 1.807) is 24.3 Å². The molecule has 5 heteroatoms. The Hall–Kier alpha value is -1.49. The molecule has 0 heterocycles. The quantitative estimate of drug-likeness (QED) is 0.783. The summed E-state index contributed by atoms with van der Waals surface area (Å²) in [6.07, 6.45) is 5.27. The maximum Gasteiger partial charge on any atom is 0.336 e. The van der Waals surface area contributed by atoms with E-state index in [0.29, 0.717) is 10.8 Å². The van der Waals surface area contributed by atoms with Gasteiger partial charge < -0.3 is 10.4 Å². The van der Waals surface area contributed by atoms with Gasteiger partial charge in [-0.15, -0.1) is 11.8 Å². The van der Waals surface area contributed by atoms with Crippen LogP contribution in [0, 0.1) is 17.8 Å². The van der Waals surface area contributed by atoms with Crippen LogP contribution in [0.25, 0.3) is 0 Å². The lowest BCUT2D eigenvalue weighted by Crippen LogP contribution is -2.40. The van der Waals surface area contributed by atoms with E-state index in [4.69, 9.17) is 5.11 Å². The molecular formula is C18H23NO3S. The standard InChI is InChI=1S/C18H23NO3S/c1-11(15-9-12-6-7-13(15)8-12)19-17(20)10-23-16-5-3-2-4-14(16)18(21)22/h2-5,11-13,15H,6-10H2,1H3,(H,19,20)(H,21,22)/t11-,12+,13-,15-/m0/s1. The number of nitrogens with one attached hydrogen (secondary N) is 1. The van der Waals surface area contributed by atoms with Gasteiger partial charge in [0.2, 0.25) is 5.91 Å². The molecule has 3 rings (SSSR count). The molecule has 0 spiro atoms. The first-order chi connectivity index (χ1) is 11.0. The highest BCUT2D eigenvalue weighted by Crippen LogP contribution is 2.49. The zero-order valence-electron chi connectivity index (χ0n) is 13.3. The Kier molecular flexibility index (Phi) is 4.95. The number of hydrogen-bond acceptors (Lipinski definition) is 3. The van der Waals surface area contributed by atoms with E-state index in [9.17, 15) is 9.59 Å². The first-order valence-corrected chi connectivity index (χ1v) is 9.27. The minimum absolute atomic E-state index is 0.00883. The Morgan fingerprint density at radius 3 is 2.74 bits per heavy atom. The molecule has 124 valence electrons. The molecule has 1 amide bonds. The van der Waals surface area contributed by atoms with Gasteiger partial charge in [-0.25, -0.2) is 4.79 Å². The topological polar surface area (TPSA) is 66.4 Å². The SMILES string of the molecule is C[C@H](NC(=O)CSc1ccccc1C(=O)O)[C@@H]1C[C@@H]2CC[C@H]1C2. The third-order valence-corrected chi connectivity index (χ3v) is 6.37. The summed E-state index contributed by atoms with van der Waals surface area (Å²) in [7, 11) is 0. The van der Waals surface area contributed by atoms with E-state index in [1.165, 1.54) is 37.4 Å². The summed E-state index contributed by atoms with van der Waals surface area (Å²) < 4.78 is 0. The smallest absolute Gasteiger partial charge is 0.336 e. The summed E-state index contributed by atoms with van der Waals surface area (Å²) >= 11 is 1.29. The lowest BCUT2D eigenvalue weighted by Gasteiger charge is -2.28. The number of carboxylic acids is 1. The molecule has 23 heavy (non-hydrogen) atoms. The van der Waals surface area contributed by atoms with E-state index in [-0.39, 0.29) is 23.3 Å². The second kappa shape index (κ2) is 6.95. The van der Waals surface area contributed by atoms with Gasteiger partial charge in [-0.3, -0.25) is 4.79 Å². The molecule has 1 aromatic carbocycles. The molecule has 2 aliphatic rings. The van der Waals surface area contributed by atoms with E-state index in [1.807, 2.05) is 0 Å². The molecule has 0 saturated heterocycles. The van der Waals surface area contributed by atoms with Crippen molar-refractivity contribution in [1.82, 2.24) is 5.32 Å². The Morgan fingerprint density at radius 1 is 1.30 bits per heavy atom. The van der Waals surface area contributed by atoms with Crippen LogP contribution < -0.4 is 5.32 Å². The normalized spacial score (nSPS) is 26.9. The van der Waals surface area contributed by atoms with Crippen molar-refractivity contribution in [1.29, 1.82) is 0 Å². The number of fused-ring (bicyclic) bond motifs is 2. The van der Waals surface area contributed by atoms with Gasteiger partial charge >= 0.3 is 5.97 Å². The lowest BCUT2D eigenvalue weighted by molar-refractivity contribution is -0.119. The maximum absolute atomic E-state index is 12.2. The van der Waals surface area contributed by atoms with Crippen molar-refractivity contribution in [2.24, 2.45) is 17.8 Å². The molecule has 0 aliphatic heterocycles. The van der Waals surface area contributed by atoms with E-state index in [0.717, 1.165) is 11.8 Å². The van der Waals surface area contributed by atoms with Crippen LogP contribution in [0.5, 0.6) is 0 Å². The average Bonchev–Trinajstić information content (AvgIpc) is 3.16. The fourth-order valence-corrected chi connectivity index (χ4v) is 5.08. The first kappa shape index (κ1) is 16.4. The second-order valence-corrected chi connectivity index (χ2v) is 7.80. The predicted molar refractivity (Wildman–Crippen MR) is 90.7 cm³/mol. The minimum atomic E-state index is -0.955. The molecule has 4 nitrogen and oxygen atoms in total. The third kappa shape index (κ3) is 3.71. The van der Waals surface area contributed by atoms with Gasteiger partial charge in [-0.05, 0) is 56.1 Å². The summed E-state index contributed by atoms with van der Waals surface area (Å²) in [6, 6.07) is 7.03. The molecule has 2 fully saturated rings. The number of hydrogen-bond donors (Lipinski definition) is 2. The van der Waals surface area contributed by atoms with Crippen molar-refractivity contribution >= 4 is 23.6 Å². The van der Waals surface area contributed by atoms with Crippen molar-refractivity contribution < 1.29 is 14.7 Å². The average molecular weight is 333 g/mol. The van der Waals surface area contributed by atoms with Crippen LogP contribution >= 0.6 is 11.8 Å². The predicted octanol–water partition coefficient (Wildman–Crippen LogP) is 3.42. The summed E-state index contributed by atoms with van der Waals surface area (Å²) in [5.41, 5.74) is 0.256. The van der Waals surface area contributed by atoms with E-state index < -0.39 is 5.97 Å². The molecule has 2 bridgehead atoms. The number of thioether (sulfide) groups is 1. The molecule has 2 aliphatic carbocycles. The Bertz CT molecular complexity index is 604. The Morgan fingerprint density at radius 2 is 2.09 bits per heavy atom. The zero-order valence-corrected chi connectivity index (χ0v) is 14.1. The Labute approximate surface area is 141 Å². The number of carbonyl (C=O) groups is 2. The zero-order chi connectivity index (χ0) is 16.4. The van der Waals surface area contributed by atoms with Crippen LogP contribution in [0.1, 0.15) is 43.0 Å². The fraction of sp³-hybridized carbons (Fsp3) is 0.556. The number of benzene rings is 1. The van der Waals surface area contributed by atoms with Gasteiger partial charge in [0.15, 0.2) is 0 Å².